The highest BCUT2D eigenvalue weighted by molar-refractivity contribution is 5.81. The molecule has 0 aliphatic carbocycles. The second-order valence-corrected chi connectivity index (χ2v) is 3.24. The standard InChI is InChI=1S/C9H17NO2/c1-5-7-9(3,6-2)8(11)10(4)12/h5,12H,1,6-7H2,2-4H3/t9-/m0/s1. The lowest BCUT2D eigenvalue weighted by Gasteiger charge is -2.27. The van der Waals surface area contributed by atoms with Crippen LogP contribution in [0.15, 0.2) is 12.7 Å². The third kappa shape index (κ3) is 2.34. The fraction of sp³-hybridized carbons (Fsp3) is 0.667. The van der Waals surface area contributed by atoms with E-state index in [1.807, 2.05) is 13.8 Å². The van der Waals surface area contributed by atoms with Crippen LogP contribution in [0.5, 0.6) is 0 Å². The second kappa shape index (κ2) is 4.26. The zero-order valence-corrected chi connectivity index (χ0v) is 8.00. The molecule has 0 unspecified atom stereocenters. The van der Waals surface area contributed by atoms with Crippen molar-refractivity contribution in [3.8, 4) is 0 Å². The average Bonchev–Trinajstić information content (AvgIpc) is 2.03. The van der Waals surface area contributed by atoms with Crippen molar-refractivity contribution in [1.82, 2.24) is 5.06 Å². The van der Waals surface area contributed by atoms with Gasteiger partial charge in [0.1, 0.15) is 0 Å². The van der Waals surface area contributed by atoms with E-state index in [9.17, 15) is 4.79 Å². The maximum absolute atomic E-state index is 11.4. The molecule has 1 amide bonds. The molecule has 3 heteroatoms. The number of allylic oxidation sites excluding steroid dienone is 1. The Morgan fingerprint density at radius 1 is 1.75 bits per heavy atom. The van der Waals surface area contributed by atoms with Crippen LogP contribution in [0.25, 0.3) is 0 Å². The molecule has 0 aliphatic heterocycles. The van der Waals surface area contributed by atoms with Gasteiger partial charge < -0.3 is 0 Å². The van der Waals surface area contributed by atoms with Gasteiger partial charge in [-0.1, -0.05) is 19.9 Å². The number of rotatable bonds is 4. The molecule has 0 aromatic rings. The highest BCUT2D eigenvalue weighted by atomic mass is 16.5. The van der Waals surface area contributed by atoms with Gasteiger partial charge in [-0.2, -0.15) is 0 Å². The average molecular weight is 171 g/mol. The lowest BCUT2D eigenvalue weighted by molar-refractivity contribution is -0.170. The summed E-state index contributed by atoms with van der Waals surface area (Å²) in [7, 11) is 1.35. The Bertz CT molecular complexity index is 177. The van der Waals surface area contributed by atoms with Gasteiger partial charge in [-0.05, 0) is 12.8 Å². The molecule has 0 bridgehead atoms. The quantitative estimate of drug-likeness (QED) is 0.398. The number of nitrogens with zero attached hydrogens (tertiary/aromatic N) is 1. The molecule has 0 aromatic heterocycles. The smallest absolute Gasteiger partial charge is 0.251 e. The van der Waals surface area contributed by atoms with Crippen LogP contribution in [-0.4, -0.2) is 23.2 Å². The first-order valence-corrected chi connectivity index (χ1v) is 4.06. The van der Waals surface area contributed by atoms with Gasteiger partial charge in [0.15, 0.2) is 0 Å². The van der Waals surface area contributed by atoms with Crippen LogP contribution < -0.4 is 0 Å². The highest BCUT2D eigenvalue weighted by Crippen LogP contribution is 2.27. The third-order valence-corrected chi connectivity index (χ3v) is 2.19. The Morgan fingerprint density at radius 2 is 2.25 bits per heavy atom. The lowest BCUT2D eigenvalue weighted by Crippen LogP contribution is -2.37. The molecule has 12 heavy (non-hydrogen) atoms. The number of amides is 1. The first kappa shape index (κ1) is 11.2. The van der Waals surface area contributed by atoms with Crippen LogP contribution in [0.2, 0.25) is 0 Å². The van der Waals surface area contributed by atoms with Crippen molar-refractivity contribution in [1.29, 1.82) is 0 Å². The molecule has 3 nitrogen and oxygen atoms in total. The van der Waals surface area contributed by atoms with Crippen LogP contribution in [0, 0.1) is 5.41 Å². The summed E-state index contributed by atoms with van der Waals surface area (Å²) in [6.07, 6.45) is 2.99. The molecule has 0 aliphatic rings. The summed E-state index contributed by atoms with van der Waals surface area (Å²) in [5.41, 5.74) is -0.509. The monoisotopic (exact) mass is 171 g/mol. The van der Waals surface area contributed by atoms with E-state index < -0.39 is 5.41 Å². The minimum atomic E-state index is -0.509. The SMILES string of the molecule is C=CC[C@](C)(CC)C(=O)N(C)O. The number of hydrogen-bond donors (Lipinski definition) is 1. The normalized spacial score (nSPS) is 15.0. The molecule has 0 spiro atoms. The first-order chi connectivity index (χ1) is 5.48. The van der Waals surface area contributed by atoms with E-state index in [1.165, 1.54) is 7.05 Å². The van der Waals surface area contributed by atoms with Crippen molar-refractivity contribution < 1.29 is 10.0 Å². The summed E-state index contributed by atoms with van der Waals surface area (Å²) in [6.45, 7) is 7.33. The van der Waals surface area contributed by atoms with Crippen LogP contribution in [0.3, 0.4) is 0 Å². The van der Waals surface area contributed by atoms with Gasteiger partial charge in [-0.15, -0.1) is 6.58 Å². The fourth-order valence-electron chi connectivity index (χ4n) is 1.09. The molecule has 0 saturated heterocycles. The van der Waals surface area contributed by atoms with Crippen LogP contribution in [0.1, 0.15) is 26.7 Å². The van der Waals surface area contributed by atoms with Crippen LogP contribution >= 0.6 is 0 Å². The number of carbonyl (C=O) groups excluding carboxylic acids is 1. The number of hydrogen-bond acceptors (Lipinski definition) is 2. The predicted octanol–water partition coefficient (Wildman–Crippen LogP) is 1.83. The van der Waals surface area contributed by atoms with Crippen molar-refractivity contribution in [2.24, 2.45) is 5.41 Å². The maximum Gasteiger partial charge on any atom is 0.251 e. The van der Waals surface area contributed by atoms with Crippen LogP contribution in [0.4, 0.5) is 0 Å². The zero-order chi connectivity index (χ0) is 9.78. The molecule has 70 valence electrons. The van der Waals surface area contributed by atoms with Crippen molar-refractivity contribution in [3.05, 3.63) is 12.7 Å². The first-order valence-electron chi connectivity index (χ1n) is 4.06. The van der Waals surface area contributed by atoms with E-state index in [2.05, 4.69) is 6.58 Å². The molecule has 0 fully saturated rings. The number of hydroxylamine groups is 2. The fourth-order valence-corrected chi connectivity index (χ4v) is 1.09. The van der Waals surface area contributed by atoms with Crippen molar-refractivity contribution in [2.45, 2.75) is 26.7 Å². The molecule has 0 heterocycles. The van der Waals surface area contributed by atoms with Gasteiger partial charge in [0, 0.05) is 7.05 Å². The van der Waals surface area contributed by atoms with Gasteiger partial charge in [-0.3, -0.25) is 10.0 Å². The largest absolute Gasteiger partial charge is 0.286 e. The van der Waals surface area contributed by atoms with Crippen molar-refractivity contribution in [3.63, 3.8) is 0 Å². The minimum Gasteiger partial charge on any atom is -0.286 e. The summed E-state index contributed by atoms with van der Waals surface area (Å²) >= 11 is 0. The Morgan fingerprint density at radius 3 is 2.50 bits per heavy atom. The Hall–Kier alpha value is -0.830. The Kier molecular flexibility index (Phi) is 3.96. The van der Waals surface area contributed by atoms with E-state index in [0.29, 0.717) is 17.9 Å². The van der Waals surface area contributed by atoms with E-state index in [-0.39, 0.29) is 5.91 Å². The molecular weight excluding hydrogens is 154 g/mol. The summed E-state index contributed by atoms with van der Waals surface area (Å²) in [5, 5.41) is 9.61. The van der Waals surface area contributed by atoms with Gasteiger partial charge in [0.05, 0.1) is 5.41 Å². The van der Waals surface area contributed by atoms with Gasteiger partial charge >= 0.3 is 0 Å². The van der Waals surface area contributed by atoms with Crippen molar-refractivity contribution in [2.75, 3.05) is 7.05 Å². The summed E-state index contributed by atoms with van der Waals surface area (Å²) < 4.78 is 0. The van der Waals surface area contributed by atoms with Crippen molar-refractivity contribution >= 4 is 5.91 Å². The zero-order valence-electron chi connectivity index (χ0n) is 8.00. The summed E-state index contributed by atoms with van der Waals surface area (Å²) in [6, 6.07) is 0. The third-order valence-electron chi connectivity index (χ3n) is 2.19. The second-order valence-electron chi connectivity index (χ2n) is 3.24. The minimum absolute atomic E-state index is 0.259. The molecule has 0 saturated carbocycles. The highest BCUT2D eigenvalue weighted by Gasteiger charge is 2.31. The summed E-state index contributed by atoms with van der Waals surface area (Å²) in [4.78, 5) is 11.4. The lowest BCUT2D eigenvalue weighted by atomic mass is 9.83. The van der Waals surface area contributed by atoms with E-state index in [4.69, 9.17) is 5.21 Å². The van der Waals surface area contributed by atoms with E-state index in [1.54, 1.807) is 6.08 Å². The molecule has 0 aromatic carbocycles. The predicted molar refractivity (Wildman–Crippen MR) is 47.8 cm³/mol. The molecule has 0 radical (unpaired) electrons. The van der Waals surface area contributed by atoms with Gasteiger partial charge in [-0.25, -0.2) is 5.06 Å². The Labute approximate surface area is 73.6 Å². The molecule has 0 rings (SSSR count). The van der Waals surface area contributed by atoms with Gasteiger partial charge in [0.2, 0.25) is 0 Å². The molecule has 1 N–H and O–H groups in total. The van der Waals surface area contributed by atoms with Crippen LogP contribution in [-0.2, 0) is 4.79 Å². The topological polar surface area (TPSA) is 40.5 Å². The van der Waals surface area contributed by atoms with Gasteiger partial charge in [0.25, 0.3) is 5.91 Å². The number of carbonyl (C=O) groups is 1. The Balaban J connectivity index is 4.50. The molecular formula is C9H17NO2. The molecule has 1 atom stereocenters. The maximum atomic E-state index is 11.4. The summed E-state index contributed by atoms with van der Waals surface area (Å²) in [5.74, 6) is -0.259. The van der Waals surface area contributed by atoms with E-state index in [0.717, 1.165) is 0 Å². The van der Waals surface area contributed by atoms with E-state index >= 15 is 0 Å².